The monoisotopic (exact) mass is 265 g/mol. The third-order valence-electron chi connectivity index (χ3n) is 2.55. The highest BCUT2D eigenvalue weighted by Gasteiger charge is 2.16. The van der Waals surface area contributed by atoms with Crippen LogP contribution >= 0.6 is 0 Å². The Kier molecular flexibility index (Phi) is 3.57. The molecule has 1 aromatic heterocycles. The summed E-state index contributed by atoms with van der Waals surface area (Å²) >= 11 is 0. The van der Waals surface area contributed by atoms with E-state index in [4.69, 9.17) is 0 Å². The number of aromatic nitrogens is 3. The molecule has 0 aliphatic carbocycles. The second-order valence-electron chi connectivity index (χ2n) is 3.88. The van der Waals surface area contributed by atoms with E-state index >= 15 is 0 Å². The Morgan fingerprint density at radius 1 is 1.53 bits per heavy atom. The number of carbonyl (C=O) groups is 1. The summed E-state index contributed by atoms with van der Waals surface area (Å²) in [7, 11) is 1.22. The van der Waals surface area contributed by atoms with Crippen LogP contribution in [0.2, 0.25) is 0 Å². The molecule has 1 N–H and O–H groups in total. The standard InChI is InChI=1S/C12H12FN3O3/c1-7(17)9-5-8(13)3-4-10(9)16-6-14-11(15-16)12(18)19-2/h3-7,17H,1-2H3/t7-/m1/s1. The van der Waals surface area contributed by atoms with Gasteiger partial charge in [0.05, 0.1) is 18.9 Å². The Balaban J connectivity index is 2.47. The molecule has 0 amide bonds. The van der Waals surface area contributed by atoms with Crippen LogP contribution in [0.3, 0.4) is 0 Å². The molecule has 0 radical (unpaired) electrons. The lowest BCUT2D eigenvalue weighted by Crippen LogP contribution is -2.07. The lowest BCUT2D eigenvalue weighted by Gasteiger charge is -2.11. The third kappa shape index (κ3) is 2.60. The molecule has 1 aromatic carbocycles. The average Bonchev–Trinajstić information content (AvgIpc) is 2.87. The normalized spacial score (nSPS) is 12.2. The highest BCUT2D eigenvalue weighted by Crippen LogP contribution is 2.22. The Hall–Kier alpha value is -2.28. The Labute approximate surface area is 108 Å². The van der Waals surface area contributed by atoms with E-state index in [2.05, 4.69) is 14.8 Å². The van der Waals surface area contributed by atoms with Gasteiger partial charge in [-0.1, -0.05) is 0 Å². The maximum Gasteiger partial charge on any atom is 0.377 e. The molecule has 0 aliphatic rings. The molecule has 19 heavy (non-hydrogen) atoms. The zero-order valence-electron chi connectivity index (χ0n) is 10.4. The van der Waals surface area contributed by atoms with Crippen molar-refractivity contribution >= 4 is 5.97 Å². The number of ether oxygens (including phenoxy) is 1. The zero-order chi connectivity index (χ0) is 14.0. The van der Waals surface area contributed by atoms with Gasteiger partial charge in [-0.05, 0) is 25.1 Å². The number of methoxy groups -OCH3 is 1. The number of aliphatic hydroxyl groups is 1. The Morgan fingerprint density at radius 2 is 2.26 bits per heavy atom. The van der Waals surface area contributed by atoms with Crippen LogP contribution in [0.1, 0.15) is 29.2 Å². The van der Waals surface area contributed by atoms with Gasteiger partial charge in [-0.15, -0.1) is 5.10 Å². The van der Waals surface area contributed by atoms with E-state index in [1.807, 2.05) is 0 Å². The van der Waals surface area contributed by atoms with Gasteiger partial charge in [0.2, 0.25) is 0 Å². The summed E-state index contributed by atoms with van der Waals surface area (Å²) in [5.41, 5.74) is 0.792. The highest BCUT2D eigenvalue weighted by molar-refractivity contribution is 5.84. The number of carbonyl (C=O) groups excluding carboxylic acids is 1. The van der Waals surface area contributed by atoms with E-state index in [-0.39, 0.29) is 5.82 Å². The van der Waals surface area contributed by atoms with Gasteiger partial charge in [0.15, 0.2) is 0 Å². The molecule has 0 unspecified atom stereocenters. The number of hydrogen-bond acceptors (Lipinski definition) is 5. The van der Waals surface area contributed by atoms with Gasteiger partial charge in [0.25, 0.3) is 5.82 Å². The van der Waals surface area contributed by atoms with Crippen molar-refractivity contribution in [3.05, 3.63) is 41.7 Å². The molecule has 0 saturated carbocycles. The van der Waals surface area contributed by atoms with Gasteiger partial charge in [-0.3, -0.25) is 0 Å². The van der Waals surface area contributed by atoms with Crippen LogP contribution in [-0.4, -0.2) is 33.0 Å². The molecule has 0 saturated heterocycles. The van der Waals surface area contributed by atoms with Crippen molar-refractivity contribution in [1.29, 1.82) is 0 Å². The van der Waals surface area contributed by atoms with Crippen molar-refractivity contribution in [2.45, 2.75) is 13.0 Å². The van der Waals surface area contributed by atoms with Crippen LogP contribution in [-0.2, 0) is 4.74 Å². The summed E-state index contributed by atoms with van der Waals surface area (Å²) in [6, 6.07) is 3.90. The van der Waals surface area contributed by atoms with Gasteiger partial charge in [-0.2, -0.15) is 0 Å². The first kappa shape index (κ1) is 13.2. The fourth-order valence-corrected chi connectivity index (χ4v) is 1.63. The lowest BCUT2D eigenvalue weighted by molar-refractivity contribution is 0.0587. The van der Waals surface area contributed by atoms with E-state index in [9.17, 15) is 14.3 Å². The number of aliphatic hydroxyl groups excluding tert-OH is 1. The number of esters is 1. The van der Waals surface area contributed by atoms with Gasteiger partial charge in [-0.25, -0.2) is 18.9 Å². The first-order chi connectivity index (χ1) is 9.02. The van der Waals surface area contributed by atoms with Gasteiger partial charge in [0, 0.05) is 5.56 Å². The molecule has 6 nitrogen and oxygen atoms in total. The minimum atomic E-state index is -0.878. The van der Waals surface area contributed by atoms with Gasteiger partial charge in [0.1, 0.15) is 12.1 Å². The predicted molar refractivity (Wildman–Crippen MR) is 63.3 cm³/mol. The fourth-order valence-electron chi connectivity index (χ4n) is 1.63. The summed E-state index contributed by atoms with van der Waals surface area (Å²) < 4.78 is 19.0. The van der Waals surface area contributed by atoms with E-state index in [0.29, 0.717) is 11.3 Å². The summed E-state index contributed by atoms with van der Waals surface area (Å²) in [6.45, 7) is 1.51. The van der Waals surface area contributed by atoms with Crippen LogP contribution in [0.25, 0.3) is 5.69 Å². The first-order valence-corrected chi connectivity index (χ1v) is 5.50. The lowest BCUT2D eigenvalue weighted by atomic mass is 10.1. The molecule has 0 bridgehead atoms. The van der Waals surface area contributed by atoms with E-state index in [0.717, 1.165) is 0 Å². The molecule has 1 atom stereocenters. The molecule has 2 aromatic rings. The third-order valence-corrected chi connectivity index (χ3v) is 2.55. The number of rotatable bonds is 3. The largest absolute Gasteiger partial charge is 0.463 e. The second kappa shape index (κ2) is 5.15. The highest BCUT2D eigenvalue weighted by atomic mass is 19.1. The molecule has 2 rings (SSSR count). The summed E-state index contributed by atoms with van der Waals surface area (Å²) in [5, 5.41) is 13.6. The molecule has 0 aliphatic heterocycles. The molecule has 0 fully saturated rings. The van der Waals surface area contributed by atoms with Crippen molar-refractivity contribution in [2.24, 2.45) is 0 Å². The first-order valence-electron chi connectivity index (χ1n) is 5.50. The Morgan fingerprint density at radius 3 is 2.89 bits per heavy atom. The van der Waals surface area contributed by atoms with Gasteiger partial charge < -0.3 is 9.84 Å². The Bertz CT molecular complexity index is 610. The number of hydrogen-bond donors (Lipinski definition) is 1. The molecule has 1 heterocycles. The molecule has 100 valence electrons. The maximum absolute atomic E-state index is 13.2. The predicted octanol–water partition coefficient (Wildman–Crippen LogP) is 1.25. The van der Waals surface area contributed by atoms with Crippen LogP contribution in [0.15, 0.2) is 24.5 Å². The van der Waals surface area contributed by atoms with E-state index in [1.165, 1.54) is 43.2 Å². The summed E-state index contributed by atoms with van der Waals surface area (Å²) in [5.74, 6) is -1.24. The van der Waals surface area contributed by atoms with Crippen molar-refractivity contribution in [3.63, 3.8) is 0 Å². The minimum Gasteiger partial charge on any atom is -0.463 e. The van der Waals surface area contributed by atoms with Crippen molar-refractivity contribution in [1.82, 2.24) is 14.8 Å². The summed E-state index contributed by atoms with van der Waals surface area (Å²) in [4.78, 5) is 15.0. The summed E-state index contributed by atoms with van der Waals surface area (Å²) in [6.07, 6.45) is 0.419. The molecular formula is C12H12FN3O3. The molecule has 7 heteroatoms. The topological polar surface area (TPSA) is 77.2 Å². The van der Waals surface area contributed by atoms with E-state index < -0.39 is 17.9 Å². The zero-order valence-corrected chi connectivity index (χ0v) is 10.4. The fraction of sp³-hybridized carbons (Fsp3) is 0.250. The average molecular weight is 265 g/mol. The second-order valence-corrected chi connectivity index (χ2v) is 3.88. The van der Waals surface area contributed by atoms with Crippen LogP contribution < -0.4 is 0 Å². The number of benzene rings is 1. The van der Waals surface area contributed by atoms with Gasteiger partial charge >= 0.3 is 5.97 Å². The minimum absolute atomic E-state index is 0.108. The number of nitrogens with zero attached hydrogens (tertiary/aromatic N) is 3. The molecule has 0 spiro atoms. The van der Waals surface area contributed by atoms with Crippen LogP contribution in [0.5, 0.6) is 0 Å². The molecular weight excluding hydrogens is 253 g/mol. The van der Waals surface area contributed by atoms with E-state index in [1.54, 1.807) is 0 Å². The van der Waals surface area contributed by atoms with Crippen molar-refractivity contribution in [3.8, 4) is 5.69 Å². The van der Waals surface area contributed by atoms with Crippen LogP contribution in [0.4, 0.5) is 4.39 Å². The number of halogens is 1. The van der Waals surface area contributed by atoms with Crippen LogP contribution in [0, 0.1) is 5.82 Å². The quantitative estimate of drug-likeness (QED) is 0.845. The van der Waals surface area contributed by atoms with Crippen molar-refractivity contribution in [2.75, 3.05) is 7.11 Å². The van der Waals surface area contributed by atoms with Crippen molar-refractivity contribution < 1.29 is 19.0 Å². The maximum atomic E-state index is 13.2. The smallest absolute Gasteiger partial charge is 0.377 e. The SMILES string of the molecule is COC(=O)c1ncn(-c2ccc(F)cc2[C@@H](C)O)n1.